The lowest BCUT2D eigenvalue weighted by Gasteiger charge is -2.26. The van der Waals surface area contributed by atoms with Gasteiger partial charge in [0.15, 0.2) is 0 Å². The van der Waals surface area contributed by atoms with Crippen molar-refractivity contribution in [2.75, 3.05) is 95.5 Å². The number of esters is 14. The zero-order valence-electron chi connectivity index (χ0n) is 88.4. The van der Waals surface area contributed by atoms with Crippen LogP contribution in [0.15, 0.2) is 115 Å². The van der Waals surface area contributed by atoms with Crippen LogP contribution in [0.5, 0.6) is 0 Å². The van der Waals surface area contributed by atoms with Crippen molar-refractivity contribution in [1.82, 2.24) is 37.2 Å². The Kier molecular flexibility index (Phi) is 77.9. The SMILES string of the molecule is CCC(=O)N[C@@H](COC(=O)/C=C/C(=O)OC)C(C)C.CCOC(=O)/C=C/C(=O)OC[C@H](NC(C)=O)C(C)C.COC(=O)/C=C/C(=O)OC[C@H](NC(=O)C(C)(C)C)C(C)C.COC(=O)/C=C/C(=O)OC[C@H](NC(=O)C(C)C)C(C)C.COC(=O)/C=C/C(=O)OC[C@H](NC(=O)C1CCCCC1)C(C)C.COC(=O)/C=C/C(=O)OC[C@H](NC(=O)c1ccccc1)C(C)C.COC(=O)/C=C/C(=O)OC[C@H](NC(C)=O)C(C)C. The monoisotopic (exact) mass is 2030 g/mol. The van der Waals surface area contributed by atoms with Gasteiger partial charge in [-0.25, -0.2) is 67.1 Å². The summed E-state index contributed by atoms with van der Waals surface area (Å²) in [4.78, 5) is 237. The lowest BCUT2D eigenvalue weighted by Crippen LogP contribution is -2.46. The molecule has 2 rings (SSSR count). The summed E-state index contributed by atoms with van der Waals surface area (Å²) in [5.74, 6) is -9.03. The number of hydrogen-bond acceptors (Lipinski definition) is 35. The molecule has 0 aliphatic heterocycles. The molecule has 42 nitrogen and oxygen atoms in total. The van der Waals surface area contributed by atoms with Crippen molar-refractivity contribution in [2.45, 2.75) is 240 Å². The molecule has 1 aliphatic rings. The molecule has 7 atom stereocenters. The van der Waals surface area contributed by atoms with Crippen molar-refractivity contribution in [3.05, 3.63) is 121 Å². The molecule has 0 spiro atoms. The third-order valence-corrected chi connectivity index (χ3v) is 19.4. The summed E-state index contributed by atoms with van der Waals surface area (Å²) >= 11 is 0. The van der Waals surface area contributed by atoms with E-state index in [1.807, 2.05) is 124 Å². The predicted molar refractivity (Wildman–Crippen MR) is 525 cm³/mol. The van der Waals surface area contributed by atoms with Gasteiger partial charge < -0.3 is 104 Å². The molecule has 143 heavy (non-hydrogen) atoms. The normalized spacial score (nSPS) is 13.2. The fraction of sp³-hybridized carbons (Fsp3) is 0.594. The van der Waals surface area contributed by atoms with E-state index in [-0.39, 0.29) is 190 Å². The molecular weight excluding hydrogens is 1870 g/mol. The molecule has 1 fully saturated rings. The summed E-state index contributed by atoms with van der Waals surface area (Å²) < 4.78 is 65.8. The predicted octanol–water partition coefficient (Wildman–Crippen LogP) is 8.23. The molecule has 7 amide bonds. The van der Waals surface area contributed by atoms with Gasteiger partial charge in [0.1, 0.15) is 46.2 Å². The zero-order chi connectivity index (χ0) is 111. The van der Waals surface area contributed by atoms with E-state index in [1.165, 1.54) is 62.9 Å². The van der Waals surface area contributed by atoms with E-state index >= 15 is 0 Å². The molecule has 0 heterocycles. The second kappa shape index (κ2) is 80.9. The average molecular weight is 2030 g/mol. The largest absolute Gasteiger partial charge is 0.466 e. The molecule has 0 unspecified atom stereocenters. The van der Waals surface area contributed by atoms with Crippen molar-refractivity contribution >= 4 is 125 Å². The fourth-order valence-electron chi connectivity index (χ4n) is 9.97. The highest BCUT2D eigenvalue weighted by molar-refractivity contribution is 5.97. The van der Waals surface area contributed by atoms with E-state index in [1.54, 1.807) is 52.0 Å². The maximum atomic E-state index is 12.3. The van der Waals surface area contributed by atoms with Crippen LogP contribution in [0.3, 0.4) is 0 Å². The zero-order valence-corrected chi connectivity index (χ0v) is 88.4. The van der Waals surface area contributed by atoms with Crippen molar-refractivity contribution in [1.29, 1.82) is 0 Å². The summed E-state index contributed by atoms with van der Waals surface area (Å²) in [7, 11) is 7.30. The molecule has 1 aliphatic carbocycles. The number of rotatable bonds is 47. The lowest BCUT2D eigenvalue weighted by molar-refractivity contribution is -0.141. The maximum Gasteiger partial charge on any atom is 0.331 e. The van der Waals surface area contributed by atoms with Gasteiger partial charge in [0, 0.05) is 128 Å². The lowest BCUT2D eigenvalue weighted by atomic mass is 9.88. The quantitative estimate of drug-likeness (QED) is 0.0183. The summed E-state index contributed by atoms with van der Waals surface area (Å²) in [6, 6.07) is 6.92. The first-order valence-electron chi connectivity index (χ1n) is 46.5. The number of nitrogens with one attached hydrogen (secondary N) is 7. The minimum Gasteiger partial charge on any atom is -0.466 e. The van der Waals surface area contributed by atoms with Crippen molar-refractivity contribution in [2.24, 2.45) is 58.7 Å². The van der Waals surface area contributed by atoms with Gasteiger partial charge in [-0.05, 0) is 73.3 Å². The van der Waals surface area contributed by atoms with Crippen LogP contribution in [-0.2, 0) is 162 Å². The Morgan fingerprint density at radius 1 is 0.301 bits per heavy atom. The van der Waals surface area contributed by atoms with Gasteiger partial charge in [0.2, 0.25) is 35.4 Å². The van der Waals surface area contributed by atoms with Gasteiger partial charge in [-0.1, -0.05) is 176 Å². The first-order valence-corrected chi connectivity index (χ1v) is 46.5. The molecule has 806 valence electrons. The van der Waals surface area contributed by atoms with Crippen LogP contribution in [0.1, 0.15) is 208 Å². The number of benzene rings is 1. The highest BCUT2D eigenvalue weighted by atomic mass is 16.6. The molecule has 1 saturated carbocycles. The second-order valence-corrected chi connectivity index (χ2v) is 35.0. The minimum atomic E-state index is -0.671. The van der Waals surface area contributed by atoms with Crippen molar-refractivity contribution < 1.29 is 167 Å². The van der Waals surface area contributed by atoms with Crippen molar-refractivity contribution in [3.8, 4) is 0 Å². The van der Waals surface area contributed by atoms with Crippen LogP contribution in [0.25, 0.3) is 0 Å². The van der Waals surface area contributed by atoms with E-state index in [0.717, 1.165) is 111 Å². The Hall–Kier alpha value is -13.7. The van der Waals surface area contributed by atoms with Crippen LogP contribution in [-0.4, -0.2) is 263 Å². The second-order valence-electron chi connectivity index (χ2n) is 35.0. The molecule has 0 radical (unpaired) electrons. The topological polar surface area (TPSA) is 572 Å². The number of carbonyl (C=O) groups is 21. The smallest absolute Gasteiger partial charge is 0.331 e. The summed E-state index contributed by atoms with van der Waals surface area (Å²) in [5, 5.41) is 19.6. The summed E-state index contributed by atoms with van der Waals surface area (Å²) in [6.45, 7) is 42.7. The molecule has 1 aromatic rings. The number of amides is 7. The Balaban J connectivity index is -0.000000519. The van der Waals surface area contributed by atoms with Crippen LogP contribution < -0.4 is 37.2 Å². The van der Waals surface area contributed by atoms with Crippen LogP contribution in [0.2, 0.25) is 0 Å². The average Bonchev–Trinajstić information content (AvgIpc) is 0.889. The van der Waals surface area contributed by atoms with Crippen LogP contribution in [0.4, 0.5) is 0 Å². The van der Waals surface area contributed by atoms with E-state index in [0.29, 0.717) is 12.0 Å². The van der Waals surface area contributed by atoms with Gasteiger partial charge in [-0.15, -0.1) is 0 Å². The Labute approximate surface area is 840 Å². The number of carbonyl (C=O) groups excluding carboxylic acids is 21. The third-order valence-electron chi connectivity index (χ3n) is 19.4. The summed E-state index contributed by atoms with van der Waals surface area (Å²) in [6.07, 6.45) is 19.5. The van der Waals surface area contributed by atoms with Crippen LogP contribution >= 0.6 is 0 Å². The highest BCUT2D eigenvalue weighted by Gasteiger charge is 2.30. The van der Waals surface area contributed by atoms with Crippen molar-refractivity contribution in [3.63, 3.8) is 0 Å². The van der Waals surface area contributed by atoms with Gasteiger partial charge in [0.25, 0.3) is 5.91 Å². The van der Waals surface area contributed by atoms with Gasteiger partial charge >= 0.3 is 83.6 Å². The molecule has 7 N–H and O–H groups in total. The van der Waals surface area contributed by atoms with E-state index in [9.17, 15) is 101 Å². The number of methoxy groups -OCH3 is 6. The molecule has 42 heteroatoms. The number of hydrogen-bond donors (Lipinski definition) is 7. The maximum absolute atomic E-state index is 12.3. The first-order chi connectivity index (χ1) is 66.8. The van der Waals surface area contributed by atoms with E-state index < -0.39 is 89.0 Å². The standard InChI is InChI=1S/C17H27NO5.C17H21NO5.C15H25NO5.C14H23NO5.2C13H21NO5.C12H19NO5/c2*1-12(2)14(11-23-16(20)10-9-15(19)22-3)18-17(21)13-7-5-4-6-8-13;1-10(2)11(16-14(19)15(3,4)5)9-21-13(18)8-7-12(17)20-6;1-9(2)11(15-14(18)10(3)4)8-20-13(17)7-6-12(16)19-5;1-5-11(15)14-10(9(2)3)8-19-13(17)7-6-12(16)18-4;1-5-18-12(16)6-7-13(17)19-8-11(9(2)3)14-10(4)15;1-8(2)10(13-9(3)14)7-18-12(16)6-5-11(15)17-4/h9-10,12-14H,4-8,11H2,1-3H3,(H,18,21);4-10,12,14H,11H2,1-3H3,(H,18,21);7-8,10-11H,9H2,1-6H3,(H,16,19);6-7,9-11H,8H2,1-5H3,(H,15,18);6-7,9-10H,5,8H2,1-4H3,(H,14,15);6-7,9,11H,5,8H2,1-4H3,(H,14,15);5-6,8,10H,7H2,1-4H3,(H,13,14)/b2*10-9+;8-7+;3*7-6+;6-5+/t2*14-;2*11-;10-;11-;10-/m0000000/s1. The molecule has 0 saturated heterocycles. The molecular formula is C101H157N7O35. The Bertz CT molecular complexity index is 4320. The van der Waals surface area contributed by atoms with Gasteiger partial charge in [-0.2, -0.15) is 0 Å². The Morgan fingerprint density at radius 3 is 0.762 bits per heavy atom. The molecule has 0 aromatic heterocycles. The van der Waals surface area contributed by atoms with Gasteiger partial charge in [0.05, 0.1) is 91.6 Å². The fourth-order valence-corrected chi connectivity index (χ4v) is 9.97. The van der Waals surface area contributed by atoms with E-state index in [4.69, 9.17) is 33.2 Å². The number of ether oxygens (including phenoxy) is 14. The highest BCUT2D eigenvalue weighted by Crippen LogP contribution is 2.24. The summed E-state index contributed by atoms with van der Waals surface area (Å²) in [5.41, 5.74) is 0.0251. The minimum absolute atomic E-state index is 0.0145. The third kappa shape index (κ3) is 76.7. The molecule has 0 bridgehead atoms. The van der Waals surface area contributed by atoms with Crippen LogP contribution in [0, 0.1) is 58.7 Å². The first kappa shape index (κ1) is 138. The Morgan fingerprint density at radius 2 is 0.531 bits per heavy atom. The van der Waals surface area contributed by atoms with Gasteiger partial charge in [-0.3, -0.25) is 33.6 Å². The molecule has 1 aromatic carbocycles. The van der Waals surface area contributed by atoms with E-state index in [2.05, 4.69) is 70.4 Å².